The lowest BCUT2D eigenvalue weighted by atomic mass is 10.1. The first-order valence-electron chi connectivity index (χ1n) is 10.0. The molecule has 0 unspecified atom stereocenters. The number of nitrogens with zero attached hydrogens (tertiary/aromatic N) is 4. The lowest BCUT2D eigenvalue weighted by molar-refractivity contribution is -0.132. The van der Waals surface area contributed by atoms with E-state index in [1.807, 2.05) is 0 Å². The van der Waals surface area contributed by atoms with E-state index >= 15 is 0 Å². The zero-order chi connectivity index (χ0) is 18.5. The number of anilines is 1. The van der Waals surface area contributed by atoms with Crippen molar-refractivity contribution in [3.05, 3.63) is 29.8 Å². The Labute approximate surface area is 158 Å². The number of hydrogen-bond donors (Lipinski definition) is 0. The molecule has 1 aromatic rings. The van der Waals surface area contributed by atoms with Crippen LogP contribution in [0.3, 0.4) is 0 Å². The molecule has 0 N–H and O–H groups in total. The van der Waals surface area contributed by atoms with Crippen LogP contribution in [0.2, 0.25) is 0 Å². The molecule has 1 amide bonds. The van der Waals surface area contributed by atoms with E-state index in [1.54, 1.807) is 0 Å². The topological polar surface area (TPSA) is 30.0 Å². The summed E-state index contributed by atoms with van der Waals surface area (Å²) in [5, 5.41) is 0. The van der Waals surface area contributed by atoms with Crippen LogP contribution in [-0.4, -0.2) is 86.6 Å². The predicted octanol–water partition coefficient (Wildman–Crippen LogP) is 2.06. The fraction of sp³-hybridized carbons (Fsp3) is 0.667. The van der Waals surface area contributed by atoms with Gasteiger partial charge in [0.25, 0.3) is 0 Å². The molecular weight excluding hydrogens is 324 g/mol. The minimum Gasteiger partial charge on any atom is -0.369 e. The zero-order valence-corrected chi connectivity index (χ0v) is 16.7. The molecular formula is C21H34N4O. The molecule has 144 valence electrons. The van der Waals surface area contributed by atoms with E-state index in [4.69, 9.17) is 0 Å². The first-order chi connectivity index (χ1) is 12.5. The van der Waals surface area contributed by atoms with Crippen molar-refractivity contribution in [1.29, 1.82) is 0 Å². The Balaban J connectivity index is 1.46. The fourth-order valence-corrected chi connectivity index (χ4v) is 4.12. The Kier molecular flexibility index (Phi) is 6.54. The first kappa shape index (κ1) is 19.2. The minimum atomic E-state index is 0.313. The summed E-state index contributed by atoms with van der Waals surface area (Å²) in [6.07, 6.45) is 3.42. The van der Waals surface area contributed by atoms with Crippen LogP contribution in [-0.2, 0) is 4.79 Å². The van der Waals surface area contributed by atoms with Gasteiger partial charge in [-0.2, -0.15) is 0 Å². The average Bonchev–Trinajstić information content (AvgIpc) is 2.89. The number of benzene rings is 1. The normalized spacial score (nSPS) is 22.5. The van der Waals surface area contributed by atoms with Gasteiger partial charge in [0.1, 0.15) is 0 Å². The summed E-state index contributed by atoms with van der Waals surface area (Å²) in [5.74, 6) is 0.313. The highest BCUT2D eigenvalue weighted by atomic mass is 16.2. The number of amides is 1. The van der Waals surface area contributed by atoms with E-state index in [0.29, 0.717) is 18.5 Å². The summed E-state index contributed by atoms with van der Waals surface area (Å²) < 4.78 is 0. The van der Waals surface area contributed by atoms with Gasteiger partial charge in [0.15, 0.2) is 0 Å². The lowest BCUT2D eigenvalue weighted by Crippen LogP contribution is -2.50. The molecule has 2 heterocycles. The van der Waals surface area contributed by atoms with Crippen molar-refractivity contribution in [3.63, 3.8) is 0 Å². The molecule has 2 fully saturated rings. The SMILES string of the molecule is Cc1cccc(N2CCN(CC(=O)N3CCC[C@@H](N(C)C)CC3)CC2)c1. The molecule has 1 aromatic carbocycles. The van der Waals surface area contributed by atoms with Crippen molar-refractivity contribution in [1.82, 2.24) is 14.7 Å². The zero-order valence-electron chi connectivity index (χ0n) is 16.7. The third kappa shape index (κ3) is 4.98. The average molecular weight is 359 g/mol. The van der Waals surface area contributed by atoms with Gasteiger partial charge >= 0.3 is 0 Å². The largest absolute Gasteiger partial charge is 0.369 e. The predicted molar refractivity (Wildman–Crippen MR) is 108 cm³/mol. The molecule has 0 spiro atoms. The van der Waals surface area contributed by atoms with Gasteiger partial charge in [-0.3, -0.25) is 9.69 Å². The molecule has 3 rings (SSSR count). The van der Waals surface area contributed by atoms with Crippen molar-refractivity contribution in [3.8, 4) is 0 Å². The van der Waals surface area contributed by atoms with Crippen LogP contribution < -0.4 is 4.90 Å². The van der Waals surface area contributed by atoms with Gasteiger partial charge in [0, 0.05) is 51.0 Å². The van der Waals surface area contributed by atoms with Crippen LogP contribution in [0.25, 0.3) is 0 Å². The van der Waals surface area contributed by atoms with Crippen LogP contribution in [0.4, 0.5) is 5.69 Å². The quantitative estimate of drug-likeness (QED) is 0.824. The second-order valence-corrected chi connectivity index (χ2v) is 8.03. The maximum atomic E-state index is 12.7. The van der Waals surface area contributed by atoms with Crippen LogP contribution in [0.5, 0.6) is 0 Å². The number of likely N-dealkylation sites (tertiary alicyclic amines) is 1. The number of carbonyl (C=O) groups is 1. The monoisotopic (exact) mass is 358 g/mol. The summed E-state index contributed by atoms with van der Waals surface area (Å²) in [5.41, 5.74) is 2.61. The first-order valence-corrected chi connectivity index (χ1v) is 10.0. The van der Waals surface area contributed by atoms with E-state index in [9.17, 15) is 4.79 Å². The molecule has 2 saturated heterocycles. The van der Waals surface area contributed by atoms with Crippen LogP contribution in [0.15, 0.2) is 24.3 Å². The molecule has 5 nitrogen and oxygen atoms in total. The number of piperazine rings is 1. The third-order valence-electron chi connectivity index (χ3n) is 5.88. The number of rotatable bonds is 4. The molecule has 0 bridgehead atoms. The van der Waals surface area contributed by atoms with Gasteiger partial charge < -0.3 is 14.7 Å². The smallest absolute Gasteiger partial charge is 0.236 e. The molecule has 26 heavy (non-hydrogen) atoms. The van der Waals surface area contributed by atoms with Crippen molar-refractivity contribution in [2.75, 3.05) is 64.8 Å². The Bertz CT molecular complexity index is 595. The molecule has 2 aliphatic rings. The molecule has 0 aliphatic carbocycles. The van der Waals surface area contributed by atoms with Gasteiger partial charge in [-0.05, 0) is 58.0 Å². The Morgan fingerprint density at radius 3 is 2.54 bits per heavy atom. The summed E-state index contributed by atoms with van der Waals surface area (Å²) in [6.45, 7) is 8.48. The standard InChI is InChI=1S/C21H34N4O/c1-18-6-4-7-20(16-18)24-14-12-23(13-15-24)17-21(26)25-10-5-8-19(9-11-25)22(2)3/h4,6-7,16,19H,5,8-15,17H2,1-3H3/t19-/m1/s1. The molecule has 5 heteroatoms. The van der Waals surface area contributed by atoms with Crippen molar-refractivity contribution < 1.29 is 4.79 Å². The fourth-order valence-electron chi connectivity index (χ4n) is 4.12. The molecule has 0 aromatic heterocycles. The summed E-state index contributed by atoms with van der Waals surface area (Å²) in [4.78, 5) is 21.9. The van der Waals surface area contributed by atoms with E-state index in [2.05, 4.69) is 64.9 Å². The van der Waals surface area contributed by atoms with E-state index < -0.39 is 0 Å². The van der Waals surface area contributed by atoms with Crippen LogP contribution >= 0.6 is 0 Å². The Morgan fingerprint density at radius 2 is 1.85 bits per heavy atom. The van der Waals surface area contributed by atoms with Crippen LogP contribution in [0.1, 0.15) is 24.8 Å². The van der Waals surface area contributed by atoms with Crippen molar-refractivity contribution in [2.24, 2.45) is 0 Å². The van der Waals surface area contributed by atoms with Crippen molar-refractivity contribution >= 4 is 11.6 Å². The van der Waals surface area contributed by atoms with E-state index in [-0.39, 0.29) is 0 Å². The molecule has 2 aliphatic heterocycles. The van der Waals surface area contributed by atoms with Crippen LogP contribution in [0, 0.1) is 6.92 Å². The lowest BCUT2D eigenvalue weighted by Gasteiger charge is -2.36. The Morgan fingerprint density at radius 1 is 1.08 bits per heavy atom. The van der Waals surface area contributed by atoms with Crippen molar-refractivity contribution in [2.45, 2.75) is 32.2 Å². The second-order valence-electron chi connectivity index (χ2n) is 8.03. The second kappa shape index (κ2) is 8.87. The number of hydrogen-bond acceptors (Lipinski definition) is 4. The molecule has 1 atom stereocenters. The number of carbonyl (C=O) groups excluding carboxylic acids is 1. The maximum absolute atomic E-state index is 12.7. The highest BCUT2D eigenvalue weighted by Crippen LogP contribution is 2.18. The summed E-state index contributed by atoms with van der Waals surface area (Å²) >= 11 is 0. The van der Waals surface area contributed by atoms with Gasteiger partial charge in [-0.25, -0.2) is 0 Å². The van der Waals surface area contributed by atoms with Gasteiger partial charge in [0.2, 0.25) is 5.91 Å². The third-order valence-corrected chi connectivity index (χ3v) is 5.88. The molecule has 0 saturated carbocycles. The minimum absolute atomic E-state index is 0.313. The van der Waals surface area contributed by atoms with Gasteiger partial charge in [-0.1, -0.05) is 12.1 Å². The number of aryl methyl sites for hydroxylation is 1. The summed E-state index contributed by atoms with van der Waals surface area (Å²) in [6, 6.07) is 9.32. The highest BCUT2D eigenvalue weighted by Gasteiger charge is 2.24. The Hall–Kier alpha value is -1.59. The van der Waals surface area contributed by atoms with E-state index in [1.165, 1.54) is 17.7 Å². The van der Waals surface area contributed by atoms with E-state index in [0.717, 1.165) is 52.1 Å². The molecule has 0 radical (unpaired) electrons. The van der Waals surface area contributed by atoms with Gasteiger partial charge in [0.05, 0.1) is 6.54 Å². The van der Waals surface area contributed by atoms with Gasteiger partial charge in [-0.15, -0.1) is 0 Å². The maximum Gasteiger partial charge on any atom is 0.236 e. The summed E-state index contributed by atoms with van der Waals surface area (Å²) in [7, 11) is 4.30. The highest BCUT2D eigenvalue weighted by molar-refractivity contribution is 5.78.